The van der Waals surface area contributed by atoms with Crippen molar-refractivity contribution in [2.45, 2.75) is 19.8 Å². The maximum atomic E-state index is 12.2. The number of aryl methyl sites for hydroxylation is 2. The SMILES string of the molecule is CCc1cc(CC(=O)c2cccc(OC)c2)n(C)n1. The van der Waals surface area contributed by atoms with Crippen molar-refractivity contribution in [1.29, 1.82) is 0 Å². The number of ketones is 1. The van der Waals surface area contributed by atoms with Crippen LogP contribution in [0, 0.1) is 0 Å². The molecule has 100 valence electrons. The average molecular weight is 258 g/mol. The minimum absolute atomic E-state index is 0.0737. The summed E-state index contributed by atoms with van der Waals surface area (Å²) in [6, 6.07) is 9.21. The molecule has 0 aliphatic carbocycles. The molecule has 2 aromatic rings. The Balaban J connectivity index is 2.17. The van der Waals surface area contributed by atoms with Gasteiger partial charge in [0.05, 0.1) is 19.2 Å². The third kappa shape index (κ3) is 3.02. The molecule has 0 bridgehead atoms. The van der Waals surface area contributed by atoms with Gasteiger partial charge in [-0.15, -0.1) is 0 Å². The van der Waals surface area contributed by atoms with Crippen LogP contribution >= 0.6 is 0 Å². The number of carbonyl (C=O) groups excluding carboxylic acids is 1. The Morgan fingerprint density at radius 3 is 2.79 bits per heavy atom. The molecule has 2 rings (SSSR count). The van der Waals surface area contributed by atoms with Crippen LogP contribution in [-0.2, 0) is 19.9 Å². The summed E-state index contributed by atoms with van der Waals surface area (Å²) in [4.78, 5) is 12.2. The van der Waals surface area contributed by atoms with E-state index >= 15 is 0 Å². The van der Waals surface area contributed by atoms with Gasteiger partial charge in [-0.2, -0.15) is 5.10 Å². The van der Waals surface area contributed by atoms with Gasteiger partial charge < -0.3 is 4.74 Å². The fraction of sp³-hybridized carbons (Fsp3) is 0.333. The van der Waals surface area contributed by atoms with E-state index in [1.165, 1.54) is 0 Å². The van der Waals surface area contributed by atoms with Crippen molar-refractivity contribution in [3.05, 3.63) is 47.3 Å². The summed E-state index contributed by atoms with van der Waals surface area (Å²) in [5, 5.41) is 4.35. The Labute approximate surface area is 113 Å². The van der Waals surface area contributed by atoms with Gasteiger partial charge in [-0.25, -0.2) is 0 Å². The molecule has 0 radical (unpaired) electrons. The van der Waals surface area contributed by atoms with E-state index in [0.717, 1.165) is 17.8 Å². The lowest BCUT2D eigenvalue weighted by atomic mass is 10.1. The van der Waals surface area contributed by atoms with Gasteiger partial charge in [0.2, 0.25) is 0 Å². The first-order valence-electron chi connectivity index (χ1n) is 6.33. The van der Waals surface area contributed by atoms with Crippen LogP contribution in [0.1, 0.15) is 28.7 Å². The Kier molecular flexibility index (Phi) is 4.00. The number of hydrogen-bond donors (Lipinski definition) is 0. The van der Waals surface area contributed by atoms with Gasteiger partial charge in [-0.1, -0.05) is 19.1 Å². The van der Waals surface area contributed by atoms with Crippen LogP contribution in [-0.4, -0.2) is 22.7 Å². The highest BCUT2D eigenvalue weighted by atomic mass is 16.5. The van der Waals surface area contributed by atoms with E-state index in [1.807, 2.05) is 31.3 Å². The Bertz CT molecular complexity index is 588. The topological polar surface area (TPSA) is 44.1 Å². The largest absolute Gasteiger partial charge is 0.497 e. The fourth-order valence-corrected chi connectivity index (χ4v) is 1.97. The lowest BCUT2D eigenvalue weighted by Crippen LogP contribution is -2.08. The second kappa shape index (κ2) is 5.69. The van der Waals surface area contributed by atoms with Crippen LogP contribution < -0.4 is 4.74 Å². The summed E-state index contributed by atoms with van der Waals surface area (Å²) in [5.74, 6) is 0.773. The van der Waals surface area contributed by atoms with Crippen molar-refractivity contribution in [1.82, 2.24) is 9.78 Å². The van der Waals surface area contributed by atoms with Crippen LogP contribution in [0.25, 0.3) is 0 Å². The number of carbonyl (C=O) groups is 1. The van der Waals surface area contributed by atoms with Crippen molar-refractivity contribution < 1.29 is 9.53 Å². The normalized spacial score (nSPS) is 10.5. The molecule has 0 aliphatic rings. The number of aromatic nitrogens is 2. The molecule has 0 spiro atoms. The molecule has 0 saturated carbocycles. The molecule has 0 aliphatic heterocycles. The predicted molar refractivity (Wildman–Crippen MR) is 73.6 cm³/mol. The van der Waals surface area contributed by atoms with E-state index < -0.39 is 0 Å². The smallest absolute Gasteiger partial charge is 0.168 e. The first-order chi connectivity index (χ1) is 9.13. The average Bonchev–Trinajstić information content (AvgIpc) is 2.79. The molecule has 0 unspecified atom stereocenters. The van der Waals surface area contributed by atoms with Gasteiger partial charge in [0.15, 0.2) is 5.78 Å². The van der Waals surface area contributed by atoms with Crippen LogP contribution in [0.15, 0.2) is 30.3 Å². The molecule has 0 atom stereocenters. The van der Waals surface area contributed by atoms with Crippen molar-refractivity contribution in [2.24, 2.45) is 7.05 Å². The lowest BCUT2D eigenvalue weighted by molar-refractivity contribution is 0.0990. The van der Waals surface area contributed by atoms with Crippen LogP contribution in [0.5, 0.6) is 5.75 Å². The minimum atomic E-state index is 0.0737. The zero-order chi connectivity index (χ0) is 13.8. The van der Waals surface area contributed by atoms with E-state index in [-0.39, 0.29) is 5.78 Å². The molecule has 0 fully saturated rings. The molecule has 19 heavy (non-hydrogen) atoms. The fourth-order valence-electron chi connectivity index (χ4n) is 1.97. The van der Waals surface area contributed by atoms with E-state index in [2.05, 4.69) is 12.0 Å². The Hall–Kier alpha value is -2.10. The van der Waals surface area contributed by atoms with Gasteiger partial charge in [0.1, 0.15) is 5.75 Å². The number of nitrogens with zero attached hydrogens (tertiary/aromatic N) is 2. The highest BCUT2D eigenvalue weighted by Gasteiger charge is 2.12. The summed E-state index contributed by atoms with van der Waals surface area (Å²) < 4.78 is 6.91. The molecule has 1 aromatic heterocycles. The van der Waals surface area contributed by atoms with Gasteiger partial charge >= 0.3 is 0 Å². The predicted octanol–water partition coefficient (Wildman–Crippen LogP) is 2.42. The molecular formula is C15H18N2O2. The summed E-state index contributed by atoms with van der Waals surface area (Å²) >= 11 is 0. The molecular weight excluding hydrogens is 240 g/mol. The summed E-state index contributed by atoms with van der Waals surface area (Å²) in [6.45, 7) is 2.05. The number of hydrogen-bond acceptors (Lipinski definition) is 3. The lowest BCUT2D eigenvalue weighted by Gasteiger charge is -2.04. The quantitative estimate of drug-likeness (QED) is 0.774. The number of benzene rings is 1. The number of Topliss-reactive ketones (excluding diaryl/α,β-unsaturated/α-hetero) is 1. The maximum absolute atomic E-state index is 12.2. The molecule has 0 amide bonds. The zero-order valence-corrected chi connectivity index (χ0v) is 11.5. The third-order valence-corrected chi connectivity index (χ3v) is 3.12. The van der Waals surface area contributed by atoms with Crippen molar-refractivity contribution in [3.63, 3.8) is 0 Å². The molecule has 1 heterocycles. The molecule has 4 heteroatoms. The van der Waals surface area contributed by atoms with E-state index in [0.29, 0.717) is 17.7 Å². The molecule has 0 N–H and O–H groups in total. The van der Waals surface area contributed by atoms with E-state index in [1.54, 1.807) is 17.9 Å². The van der Waals surface area contributed by atoms with Crippen molar-refractivity contribution in [2.75, 3.05) is 7.11 Å². The van der Waals surface area contributed by atoms with Crippen molar-refractivity contribution >= 4 is 5.78 Å². The van der Waals surface area contributed by atoms with Crippen LogP contribution in [0.4, 0.5) is 0 Å². The van der Waals surface area contributed by atoms with Gasteiger partial charge in [-0.3, -0.25) is 9.48 Å². The van der Waals surface area contributed by atoms with E-state index in [9.17, 15) is 4.79 Å². The summed E-state index contributed by atoms with van der Waals surface area (Å²) in [6.07, 6.45) is 1.23. The Morgan fingerprint density at radius 2 is 2.16 bits per heavy atom. The van der Waals surface area contributed by atoms with Crippen LogP contribution in [0.2, 0.25) is 0 Å². The third-order valence-electron chi connectivity index (χ3n) is 3.12. The number of rotatable bonds is 5. The first kappa shape index (κ1) is 13.3. The summed E-state index contributed by atoms with van der Waals surface area (Å²) in [5.41, 5.74) is 2.61. The van der Waals surface area contributed by atoms with Gasteiger partial charge in [0, 0.05) is 18.3 Å². The van der Waals surface area contributed by atoms with Gasteiger partial charge in [0.25, 0.3) is 0 Å². The van der Waals surface area contributed by atoms with E-state index in [4.69, 9.17) is 4.74 Å². The Morgan fingerprint density at radius 1 is 1.37 bits per heavy atom. The molecule has 4 nitrogen and oxygen atoms in total. The highest BCUT2D eigenvalue weighted by Crippen LogP contribution is 2.15. The second-order valence-corrected chi connectivity index (χ2v) is 4.44. The van der Waals surface area contributed by atoms with Crippen molar-refractivity contribution in [3.8, 4) is 5.75 Å². The maximum Gasteiger partial charge on any atom is 0.168 e. The summed E-state index contributed by atoms with van der Waals surface area (Å²) in [7, 11) is 3.46. The molecule has 0 saturated heterocycles. The monoisotopic (exact) mass is 258 g/mol. The number of methoxy groups -OCH3 is 1. The first-order valence-corrected chi connectivity index (χ1v) is 6.33. The zero-order valence-electron chi connectivity index (χ0n) is 11.5. The second-order valence-electron chi connectivity index (χ2n) is 4.44. The highest BCUT2D eigenvalue weighted by molar-refractivity contribution is 5.97. The minimum Gasteiger partial charge on any atom is -0.497 e. The van der Waals surface area contributed by atoms with Gasteiger partial charge in [-0.05, 0) is 24.6 Å². The standard InChI is InChI=1S/C15H18N2O2/c1-4-12-9-13(17(2)16-12)10-15(18)11-6-5-7-14(8-11)19-3/h5-9H,4,10H2,1-3H3. The number of ether oxygens (including phenoxy) is 1. The van der Waals surface area contributed by atoms with Crippen LogP contribution in [0.3, 0.4) is 0 Å². The molecule has 1 aromatic carbocycles.